The fourth-order valence-electron chi connectivity index (χ4n) is 2.89. The average Bonchev–Trinajstić information content (AvgIpc) is 2.68. The Balaban J connectivity index is 1.59. The van der Waals surface area contributed by atoms with Crippen LogP contribution in [0.3, 0.4) is 0 Å². The number of rotatable bonds is 4. The van der Waals surface area contributed by atoms with Crippen LogP contribution in [-0.4, -0.2) is 68.3 Å². The van der Waals surface area contributed by atoms with Crippen molar-refractivity contribution in [2.45, 2.75) is 6.92 Å². The third kappa shape index (κ3) is 4.58. The summed E-state index contributed by atoms with van der Waals surface area (Å²) in [6.45, 7) is 4.61. The van der Waals surface area contributed by atoms with E-state index in [0.717, 1.165) is 22.9 Å². The van der Waals surface area contributed by atoms with Crippen LogP contribution < -0.4 is 19.9 Å². The maximum atomic E-state index is 12.5. The van der Waals surface area contributed by atoms with E-state index in [9.17, 15) is 4.79 Å². The SMILES string of the molecule is COc1ccc(NC(=O)N2CCN(c3nc(C)cc(N(C)C)n3)CC2)cc1. The molecule has 1 aliphatic heterocycles. The van der Waals surface area contributed by atoms with Gasteiger partial charge in [0.1, 0.15) is 11.6 Å². The minimum atomic E-state index is -0.0982. The summed E-state index contributed by atoms with van der Waals surface area (Å²) < 4.78 is 5.13. The van der Waals surface area contributed by atoms with Gasteiger partial charge < -0.3 is 24.8 Å². The molecule has 1 N–H and O–H groups in total. The van der Waals surface area contributed by atoms with Crippen molar-refractivity contribution in [2.24, 2.45) is 0 Å². The molecule has 0 spiro atoms. The van der Waals surface area contributed by atoms with Gasteiger partial charge in [-0.1, -0.05) is 0 Å². The molecule has 0 radical (unpaired) electrons. The molecule has 0 saturated carbocycles. The first-order chi connectivity index (χ1) is 13.0. The van der Waals surface area contributed by atoms with Crippen LogP contribution in [0.2, 0.25) is 0 Å². The lowest BCUT2D eigenvalue weighted by atomic mass is 10.3. The van der Waals surface area contributed by atoms with Gasteiger partial charge in [-0.15, -0.1) is 0 Å². The van der Waals surface area contributed by atoms with Crippen molar-refractivity contribution in [3.63, 3.8) is 0 Å². The summed E-state index contributed by atoms with van der Waals surface area (Å²) >= 11 is 0. The second-order valence-electron chi connectivity index (χ2n) is 6.69. The lowest BCUT2D eigenvalue weighted by molar-refractivity contribution is 0.208. The first kappa shape index (κ1) is 18.8. The molecule has 1 aromatic carbocycles. The Morgan fingerprint density at radius 3 is 2.37 bits per heavy atom. The number of hydrogen-bond donors (Lipinski definition) is 1. The number of aromatic nitrogens is 2. The number of piperazine rings is 1. The normalized spacial score (nSPS) is 14.1. The third-order valence-electron chi connectivity index (χ3n) is 4.48. The number of nitrogens with zero attached hydrogens (tertiary/aromatic N) is 5. The van der Waals surface area contributed by atoms with Gasteiger partial charge in [0.15, 0.2) is 0 Å². The quantitative estimate of drug-likeness (QED) is 0.890. The fraction of sp³-hybridized carbons (Fsp3) is 0.421. The number of carbonyl (C=O) groups excluding carboxylic acids is 1. The molecule has 8 heteroatoms. The summed E-state index contributed by atoms with van der Waals surface area (Å²) in [5.74, 6) is 2.36. The Bertz CT molecular complexity index is 785. The maximum absolute atomic E-state index is 12.5. The van der Waals surface area contributed by atoms with Crippen molar-refractivity contribution in [1.29, 1.82) is 0 Å². The number of anilines is 3. The number of carbonyl (C=O) groups is 1. The fourth-order valence-corrected chi connectivity index (χ4v) is 2.89. The average molecular weight is 370 g/mol. The Labute approximate surface area is 159 Å². The Kier molecular flexibility index (Phi) is 5.63. The van der Waals surface area contributed by atoms with Crippen molar-refractivity contribution in [2.75, 3.05) is 62.5 Å². The monoisotopic (exact) mass is 370 g/mol. The molecule has 0 bridgehead atoms. The first-order valence-corrected chi connectivity index (χ1v) is 8.94. The van der Waals surface area contributed by atoms with E-state index in [4.69, 9.17) is 4.74 Å². The number of ether oxygens (including phenoxy) is 1. The number of nitrogens with one attached hydrogen (secondary N) is 1. The van der Waals surface area contributed by atoms with Gasteiger partial charge in [-0.25, -0.2) is 9.78 Å². The lowest BCUT2D eigenvalue weighted by Gasteiger charge is -2.35. The molecule has 1 fully saturated rings. The van der Waals surface area contributed by atoms with E-state index >= 15 is 0 Å². The van der Waals surface area contributed by atoms with Gasteiger partial charge >= 0.3 is 6.03 Å². The summed E-state index contributed by atoms with van der Waals surface area (Å²) in [6.07, 6.45) is 0. The minimum absolute atomic E-state index is 0.0982. The van der Waals surface area contributed by atoms with E-state index in [1.54, 1.807) is 7.11 Å². The van der Waals surface area contributed by atoms with Crippen LogP contribution in [0.25, 0.3) is 0 Å². The Morgan fingerprint density at radius 2 is 1.78 bits per heavy atom. The summed E-state index contributed by atoms with van der Waals surface area (Å²) in [6, 6.07) is 9.17. The molecule has 1 saturated heterocycles. The van der Waals surface area contributed by atoms with Gasteiger partial charge in [0.25, 0.3) is 0 Å². The number of urea groups is 1. The largest absolute Gasteiger partial charge is 0.497 e. The van der Waals surface area contributed by atoms with Crippen molar-refractivity contribution in [3.05, 3.63) is 36.0 Å². The van der Waals surface area contributed by atoms with Crippen LogP contribution in [0.4, 0.5) is 22.2 Å². The van der Waals surface area contributed by atoms with Crippen LogP contribution in [-0.2, 0) is 0 Å². The zero-order valence-corrected chi connectivity index (χ0v) is 16.3. The predicted octanol–water partition coefficient (Wildman–Crippen LogP) is 2.21. The topological polar surface area (TPSA) is 73.8 Å². The number of hydrogen-bond acceptors (Lipinski definition) is 6. The van der Waals surface area contributed by atoms with Crippen LogP contribution >= 0.6 is 0 Å². The molecule has 2 amide bonds. The maximum Gasteiger partial charge on any atom is 0.321 e. The first-order valence-electron chi connectivity index (χ1n) is 8.94. The van der Waals surface area contributed by atoms with Crippen LogP contribution in [0.5, 0.6) is 5.75 Å². The Hall–Kier alpha value is -3.03. The summed E-state index contributed by atoms with van der Waals surface area (Å²) in [7, 11) is 5.55. The predicted molar refractivity (Wildman–Crippen MR) is 107 cm³/mol. The highest BCUT2D eigenvalue weighted by Crippen LogP contribution is 2.18. The van der Waals surface area contributed by atoms with Crippen LogP contribution in [0, 0.1) is 6.92 Å². The molecular formula is C19H26N6O2. The third-order valence-corrected chi connectivity index (χ3v) is 4.48. The van der Waals surface area contributed by atoms with E-state index in [1.807, 2.05) is 61.2 Å². The van der Waals surface area contributed by atoms with Gasteiger partial charge in [0.2, 0.25) is 5.95 Å². The molecule has 0 unspecified atom stereocenters. The molecule has 2 aromatic rings. The van der Waals surface area contributed by atoms with E-state index in [-0.39, 0.29) is 6.03 Å². The molecule has 1 aromatic heterocycles. The zero-order valence-electron chi connectivity index (χ0n) is 16.3. The van der Waals surface area contributed by atoms with Gasteiger partial charge in [0, 0.05) is 57.7 Å². The lowest BCUT2D eigenvalue weighted by Crippen LogP contribution is -2.50. The van der Waals surface area contributed by atoms with Crippen molar-refractivity contribution in [3.8, 4) is 5.75 Å². The summed E-state index contributed by atoms with van der Waals surface area (Å²) in [4.78, 5) is 27.6. The highest BCUT2D eigenvalue weighted by Gasteiger charge is 2.23. The number of methoxy groups -OCH3 is 1. The minimum Gasteiger partial charge on any atom is -0.497 e. The van der Waals surface area contributed by atoms with E-state index in [1.165, 1.54) is 0 Å². The molecular weight excluding hydrogens is 344 g/mol. The van der Waals surface area contributed by atoms with Gasteiger partial charge in [-0.2, -0.15) is 4.98 Å². The van der Waals surface area contributed by atoms with E-state index in [2.05, 4.69) is 20.2 Å². The Morgan fingerprint density at radius 1 is 1.11 bits per heavy atom. The summed E-state index contributed by atoms with van der Waals surface area (Å²) in [5, 5.41) is 2.93. The van der Waals surface area contributed by atoms with Crippen LogP contribution in [0.15, 0.2) is 30.3 Å². The second kappa shape index (κ2) is 8.11. The standard InChI is InChI=1S/C19H26N6O2/c1-14-13-17(23(2)3)22-18(20-14)24-9-11-25(12-10-24)19(26)21-15-5-7-16(27-4)8-6-15/h5-8,13H,9-12H2,1-4H3,(H,21,26). The molecule has 3 rings (SSSR count). The highest BCUT2D eigenvalue weighted by atomic mass is 16.5. The van der Waals surface area contributed by atoms with E-state index < -0.39 is 0 Å². The van der Waals surface area contributed by atoms with Gasteiger partial charge in [-0.3, -0.25) is 0 Å². The number of aryl methyl sites for hydroxylation is 1. The smallest absolute Gasteiger partial charge is 0.321 e. The zero-order chi connectivity index (χ0) is 19.4. The molecule has 1 aliphatic rings. The molecule has 27 heavy (non-hydrogen) atoms. The van der Waals surface area contributed by atoms with Crippen molar-refractivity contribution >= 4 is 23.5 Å². The highest BCUT2D eigenvalue weighted by molar-refractivity contribution is 5.89. The van der Waals surface area contributed by atoms with Crippen molar-refractivity contribution in [1.82, 2.24) is 14.9 Å². The number of benzene rings is 1. The van der Waals surface area contributed by atoms with E-state index in [0.29, 0.717) is 32.1 Å². The second-order valence-corrected chi connectivity index (χ2v) is 6.69. The summed E-state index contributed by atoms with van der Waals surface area (Å²) in [5.41, 5.74) is 1.68. The van der Waals surface area contributed by atoms with Crippen molar-refractivity contribution < 1.29 is 9.53 Å². The van der Waals surface area contributed by atoms with Crippen LogP contribution in [0.1, 0.15) is 5.69 Å². The number of amides is 2. The molecule has 0 aliphatic carbocycles. The molecule has 144 valence electrons. The molecule has 0 atom stereocenters. The van der Waals surface area contributed by atoms with Gasteiger partial charge in [-0.05, 0) is 31.2 Å². The van der Waals surface area contributed by atoms with Gasteiger partial charge in [0.05, 0.1) is 7.11 Å². The molecule has 8 nitrogen and oxygen atoms in total. The molecule has 2 heterocycles.